The van der Waals surface area contributed by atoms with Gasteiger partial charge in [0.25, 0.3) is 0 Å². The van der Waals surface area contributed by atoms with E-state index in [0.29, 0.717) is 5.02 Å². The number of halogens is 2. The summed E-state index contributed by atoms with van der Waals surface area (Å²) in [6, 6.07) is 4.44. The number of aryl methyl sites for hydroxylation is 1. The Morgan fingerprint density at radius 3 is 3.06 bits per heavy atom. The summed E-state index contributed by atoms with van der Waals surface area (Å²) in [5.41, 5.74) is 2.83. The lowest BCUT2D eigenvalue weighted by Gasteiger charge is -2.03. The molecule has 0 radical (unpaired) electrons. The van der Waals surface area contributed by atoms with Crippen LogP contribution >= 0.6 is 11.6 Å². The van der Waals surface area contributed by atoms with Crippen LogP contribution in [-0.4, -0.2) is 16.3 Å². The van der Waals surface area contributed by atoms with Gasteiger partial charge in [0.2, 0.25) is 0 Å². The summed E-state index contributed by atoms with van der Waals surface area (Å²) in [7, 11) is 0. The fourth-order valence-corrected chi connectivity index (χ4v) is 2.62. The number of nitrogens with zero attached hydrogens (tertiary/aromatic N) is 2. The van der Waals surface area contributed by atoms with Crippen molar-refractivity contribution in [2.45, 2.75) is 19.9 Å². The number of rotatable bonds is 2. The molecule has 3 rings (SSSR count). The van der Waals surface area contributed by atoms with Crippen LogP contribution in [0.4, 0.5) is 10.2 Å². The molecule has 2 heterocycles. The third-order valence-electron chi connectivity index (χ3n) is 3.20. The van der Waals surface area contributed by atoms with Crippen LogP contribution in [-0.2, 0) is 13.0 Å². The summed E-state index contributed by atoms with van der Waals surface area (Å²) in [5.74, 6) is 0.737. The molecule has 18 heavy (non-hydrogen) atoms. The summed E-state index contributed by atoms with van der Waals surface area (Å²) in [4.78, 5) is 0. The van der Waals surface area contributed by atoms with Crippen LogP contribution in [0, 0.1) is 5.82 Å². The topological polar surface area (TPSA) is 29.9 Å². The minimum absolute atomic E-state index is 0.326. The van der Waals surface area contributed by atoms with Crippen LogP contribution in [0.3, 0.4) is 0 Å². The van der Waals surface area contributed by atoms with Gasteiger partial charge in [-0.05, 0) is 31.5 Å². The third-order valence-corrected chi connectivity index (χ3v) is 3.52. The van der Waals surface area contributed by atoms with E-state index in [1.807, 2.05) is 11.6 Å². The molecule has 5 heteroatoms. The third kappa shape index (κ3) is 1.68. The van der Waals surface area contributed by atoms with Gasteiger partial charge in [0.15, 0.2) is 0 Å². The molecule has 0 aliphatic carbocycles. The first-order valence-electron chi connectivity index (χ1n) is 5.99. The number of aromatic nitrogens is 2. The van der Waals surface area contributed by atoms with E-state index in [4.69, 9.17) is 11.6 Å². The van der Waals surface area contributed by atoms with Crippen LogP contribution in [0.25, 0.3) is 11.3 Å². The maximum Gasteiger partial charge on any atom is 0.128 e. The number of hydrogen-bond acceptors (Lipinski definition) is 2. The van der Waals surface area contributed by atoms with E-state index in [2.05, 4.69) is 10.4 Å². The molecule has 94 valence electrons. The molecule has 1 aromatic heterocycles. The van der Waals surface area contributed by atoms with Crippen molar-refractivity contribution in [1.29, 1.82) is 0 Å². The summed E-state index contributed by atoms with van der Waals surface area (Å²) in [6.07, 6.45) is 0.929. The number of fused-ring (bicyclic) bond motifs is 1. The van der Waals surface area contributed by atoms with Crippen LogP contribution in [0.5, 0.6) is 0 Å². The summed E-state index contributed by atoms with van der Waals surface area (Å²) < 4.78 is 15.0. The molecule has 3 nitrogen and oxygen atoms in total. The molecule has 1 aliphatic heterocycles. The summed E-state index contributed by atoms with van der Waals surface area (Å²) in [5, 5.41) is 8.29. The first kappa shape index (κ1) is 11.5. The Kier molecular flexibility index (Phi) is 2.74. The van der Waals surface area contributed by atoms with Gasteiger partial charge in [0.05, 0.1) is 10.7 Å². The maximum absolute atomic E-state index is 13.1. The van der Waals surface area contributed by atoms with E-state index in [0.717, 1.165) is 36.6 Å². The molecular formula is C13H13ClFN3. The van der Waals surface area contributed by atoms with Gasteiger partial charge in [-0.1, -0.05) is 11.6 Å². The van der Waals surface area contributed by atoms with Gasteiger partial charge < -0.3 is 5.32 Å². The molecular weight excluding hydrogens is 253 g/mol. The SMILES string of the molecule is CCn1nc(-c2ccc(F)cc2Cl)c2c1NCC2. The lowest BCUT2D eigenvalue weighted by atomic mass is 10.1. The van der Waals surface area contributed by atoms with E-state index < -0.39 is 0 Å². The van der Waals surface area contributed by atoms with E-state index in [9.17, 15) is 4.39 Å². The maximum atomic E-state index is 13.1. The average molecular weight is 266 g/mol. The van der Waals surface area contributed by atoms with Crippen LogP contribution < -0.4 is 5.32 Å². The van der Waals surface area contributed by atoms with Crippen molar-refractivity contribution in [3.8, 4) is 11.3 Å². The van der Waals surface area contributed by atoms with Gasteiger partial charge in [0.1, 0.15) is 11.6 Å². The highest BCUT2D eigenvalue weighted by Gasteiger charge is 2.23. The fraction of sp³-hybridized carbons (Fsp3) is 0.308. The number of anilines is 1. The fourth-order valence-electron chi connectivity index (χ4n) is 2.37. The Bertz CT molecular complexity index is 607. The van der Waals surface area contributed by atoms with Gasteiger partial charge >= 0.3 is 0 Å². The quantitative estimate of drug-likeness (QED) is 0.903. The van der Waals surface area contributed by atoms with Crippen molar-refractivity contribution in [1.82, 2.24) is 9.78 Å². The molecule has 0 atom stereocenters. The van der Waals surface area contributed by atoms with Gasteiger partial charge in [0, 0.05) is 24.2 Å². The van der Waals surface area contributed by atoms with Crippen molar-refractivity contribution in [2.24, 2.45) is 0 Å². The first-order valence-corrected chi connectivity index (χ1v) is 6.37. The molecule has 2 aromatic rings. The lowest BCUT2D eigenvalue weighted by molar-refractivity contribution is 0.628. The zero-order valence-electron chi connectivity index (χ0n) is 10.0. The van der Waals surface area contributed by atoms with Gasteiger partial charge in [-0.2, -0.15) is 5.10 Å². The number of hydrogen-bond donors (Lipinski definition) is 1. The molecule has 0 unspecified atom stereocenters. The predicted molar refractivity (Wildman–Crippen MR) is 70.5 cm³/mol. The number of nitrogens with one attached hydrogen (secondary N) is 1. The Labute approximate surface area is 110 Å². The van der Waals surface area contributed by atoms with Crippen LogP contribution in [0.1, 0.15) is 12.5 Å². The van der Waals surface area contributed by atoms with Crippen molar-refractivity contribution in [2.75, 3.05) is 11.9 Å². The van der Waals surface area contributed by atoms with Crippen molar-refractivity contribution < 1.29 is 4.39 Å². The Morgan fingerprint density at radius 2 is 2.33 bits per heavy atom. The van der Waals surface area contributed by atoms with E-state index >= 15 is 0 Å². The molecule has 0 saturated carbocycles. The Balaban J connectivity index is 2.17. The van der Waals surface area contributed by atoms with E-state index in [1.165, 1.54) is 17.7 Å². The molecule has 0 amide bonds. The standard InChI is InChI=1S/C13H13ClFN3/c1-2-18-13-10(5-6-16-13)12(17-18)9-4-3-8(15)7-11(9)14/h3-4,7,16H,2,5-6H2,1H3. The van der Waals surface area contributed by atoms with Crippen molar-refractivity contribution in [3.63, 3.8) is 0 Å². The minimum Gasteiger partial charge on any atom is -0.370 e. The highest BCUT2D eigenvalue weighted by Crippen LogP contribution is 2.36. The van der Waals surface area contributed by atoms with E-state index in [-0.39, 0.29) is 5.82 Å². The Morgan fingerprint density at radius 1 is 1.50 bits per heavy atom. The highest BCUT2D eigenvalue weighted by molar-refractivity contribution is 6.33. The monoisotopic (exact) mass is 265 g/mol. The predicted octanol–water partition coefficient (Wildman–Crippen LogP) is 3.33. The smallest absolute Gasteiger partial charge is 0.128 e. The molecule has 0 bridgehead atoms. The van der Waals surface area contributed by atoms with Gasteiger partial charge in [-0.3, -0.25) is 0 Å². The van der Waals surface area contributed by atoms with Gasteiger partial charge in [-0.25, -0.2) is 9.07 Å². The highest BCUT2D eigenvalue weighted by atomic mass is 35.5. The molecule has 1 aliphatic rings. The minimum atomic E-state index is -0.326. The zero-order chi connectivity index (χ0) is 12.7. The zero-order valence-corrected chi connectivity index (χ0v) is 10.8. The largest absolute Gasteiger partial charge is 0.370 e. The molecule has 0 spiro atoms. The van der Waals surface area contributed by atoms with Crippen molar-refractivity contribution >= 4 is 17.4 Å². The van der Waals surface area contributed by atoms with E-state index in [1.54, 1.807) is 6.07 Å². The summed E-state index contributed by atoms with van der Waals surface area (Å²) >= 11 is 6.11. The van der Waals surface area contributed by atoms with Crippen LogP contribution in [0.2, 0.25) is 5.02 Å². The molecule has 1 N–H and O–H groups in total. The van der Waals surface area contributed by atoms with Gasteiger partial charge in [-0.15, -0.1) is 0 Å². The second-order valence-corrected chi connectivity index (χ2v) is 4.70. The molecule has 0 saturated heterocycles. The van der Waals surface area contributed by atoms with Crippen LogP contribution in [0.15, 0.2) is 18.2 Å². The Hall–Kier alpha value is -1.55. The normalized spacial score (nSPS) is 13.5. The number of benzene rings is 1. The molecule has 0 fully saturated rings. The summed E-state index contributed by atoms with van der Waals surface area (Å²) in [6.45, 7) is 3.76. The first-order chi connectivity index (χ1) is 8.70. The second-order valence-electron chi connectivity index (χ2n) is 4.29. The van der Waals surface area contributed by atoms with Crippen molar-refractivity contribution in [3.05, 3.63) is 34.6 Å². The average Bonchev–Trinajstić information content (AvgIpc) is 2.91. The lowest BCUT2D eigenvalue weighted by Crippen LogP contribution is -2.04. The molecule has 1 aromatic carbocycles. The second kappa shape index (κ2) is 4.28.